The van der Waals surface area contributed by atoms with Crippen LogP contribution in [-0.2, 0) is 19.1 Å². The maximum Gasteiger partial charge on any atom is 0.306 e. The van der Waals surface area contributed by atoms with Crippen LogP contribution in [0.3, 0.4) is 0 Å². The standard InChI is InChI=1S/C18H25FN2O4S/c1-18(2,3)21(16(23)12-26-10-9-17(24)25-4)11-15(22)20-14-7-5-13(19)6-8-14/h5-8H,9-12H2,1-4H3,(H,20,22). The molecular formula is C18H25FN2O4S. The van der Waals surface area contributed by atoms with Gasteiger partial charge in [0.1, 0.15) is 12.4 Å². The molecule has 0 unspecified atom stereocenters. The van der Waals surface area contributed by atoms with E-state index in [2.05, 4.69) is 10.1 Å². The second-order valence-electron chi connectivity index (χ2n) is 6.58. The maximum atomic E-state index is 12.9. The number of thioether (sulfide) groups is 1. The molecule has 1 rings (SSSR count). The summed E-state index contributed by atoms with van der Waals surface area (Å²) < 4.78 is 17.5. The topological polar surface area (TPSA) is 75.7 Å². The number of hydrogen-bond acceptors (Lipinski definition) is 5. The van der Waals surface area contributed by atoms with Gasteiger partial charge in [0.2, 0.25) is 11.8 Å². The lowest BCUT2D eigenvalue weighted by atomic mass is 10.1. The molecule has 144 valence electrons. The van der Waals surface area contributed by atoms with Gasteiger partial charge in [0.25, 0.3) is 0 Å². The monoisotopic (exact) mass is 384 g/mol. The Morgan fingerprint density at radius 2 is 1.81 bits per heavy atom. The van der Waals surface area contributed by atoms with E-state index in [1.54, 1.807) is 0 Å². The van der Waals surface area contributed by atoms with Crippen LogP contribution in [0.5, 0.6) is 0 Å². The Labute approximate surface area is 157 Å². The number of nitrogens with one attached hydrogen (secondary N) is 1. The van der Waals surface area contributed by atoms with Gasteiger partial charge in [-0.15, -0.1) is 0 Å². The summed E-state index contributed by atoms with van der Waals surface area (Å²) >= 11 is 1.32. The molecule has 8 heteroatoms. The summed E-state index contributed by atoms with van der Waals surface area (Å²) in [6.45, 7) is 5.41. The van der Waals surface area contributed by atoms with Crippen molar-refractivity contribution in [3.05, 3.63) is 30.1 Å². The number of esters is 1. The Morgan fingerprint density at radius 3 is 2.35 bits per heavy atom. The third-order valence-corrected chi connectivity index (χ3v) is 4.39. The summed E-state index contributed by atoms with van der Waals surface area (Å²) in [4.78, 5) is 37.3. The van der Waals surface area contributed by atoms with Crippen molar-refractivity contribution in [1.29, 1.82) is 0 Å². The normalized spacial score (nSPS) is 11.0. The van der Waals surface area contributed by atoms with Gasteiger partial charge in [-0.05, 0) is 45.0 Å². The van der Waals surface area contributed by atoms with Gasteiger partial charge < -0.3 is 15.0 Å². The fourth-order valence-electron chi connectivity index (χ4n) is 2.07. The molecule has 0 radical (unpaired) electrons. The molecule has 2 amide bonds. The van der Waals surface area contributed by atoms with E-state index in [0.717, 1.165) is 0 Å². The number of hydrogen-bond donors (Lipinski definition) is 1. The van der Waals surface area contributed by atoms with Crippen molar-refractivity contribution in [2.75, 3.05) is 30.5 Å². The molecule has 0 aliphatic rings. The van der Waals surface area contributed by atoms with E-state index < -0.39 is 11.4 Å². The van der Waals surface area contributed by atoms with E-state index in [1.165, 1.54) is 48.0 Å². The Kier molecular flexibility index (Phi) is 8.57. The fraction of sp³-hybridized carbons (Fsp3) is 0.500. The lowest BCUT2D eigenvalue weighted by Gasteiger charge is -2.35. The number of halogens is 1. The van der Waals surface area contributed by atoms with E-state index >= 15 is 0 Å². The van der Waals surface area contributed by atoms with Gasteiger partial charge in [-0.25, -0.2) is 4.39 Å². The van der Waals surface area contributed by atoms with Gasteiger partial charge in [0, 0.05) is 17.0 Å². The van der Waals surface area contributed by atoms with Crippen molar-refractivity contribution in [2.45, 2.75) is 32.7 Å². The van der Waals surface area contributed by atoms with Crippen LogP contribution < -0.4 is 5.32 Å². The predicted octanol–water partition coefficient (Wildman–Crippen LogP) is 2.69. The summed E-state index contributed by atoms with van der Waals surface area (Å²) in [5.74, 6) is -0.633. The minimum atomic E-state index is -0.542. The molecule has 1 aromatic rings. The van der Waals surface area contributed by atoms with E-state index in [9.17, 15) is 18.8 Å². The molecule has 0 heterocycles. The van der Waals surface area contributed by atoms with Crippen LogP contribution in [0.25, 0.3) is 0 Å². The van der Waals surface area contributed by atoms with E-state index in [-0.39, 0.29) is 36.5 Å². The second kappa shape index (κ2) is 10.2. The smallest absolute Gasteiger partial charge is 0.306 e. The molecule has 0 aromatic heterocycles. The van der Waals surface area contributed by atoms with Crippen molar-refractivity contribution in [3.63, 3.8) is 0 Å². The predicted molar refractivity (Wildman–Crippen MR) is 100 cm³/mol. The third-order valence-electron chi connectivity index (χ3n) is 3.44. The average Bonchev–Trinajstić information content (AvgIpc) is 2.57. The molecule has 0 bridgehead atoms. The first kappa shape index (κ1) is 22.0. The molecule has 0 aliphatic carbocycles. The minimum Gasteiger partial charge on any atom is -0.469 e. The highest BCUT2D eigenvalue weighted by molar-refractivity contribution is 7.99. The van der Waals surface area contributed by atoms with Gasteiger partial charge in [0.15, 0.2) is 0 Å². The summed E-state index contributed by atoms with van der Waals surface area (Å²) in [7, 11) is 1.32. The Bertz CT molecular complexity index is 629. The van der Waals surface area contributed by atoms with Crippen LogP contribution in [0.1, 0.15) is 27.2 Å². The second-order valence-corrected chi connectivity index (χ2v) is 7.69. The zero-order valence-electron chi connectivity index (χ0n) is 15.5. The number of anilines is 1. The molecule has 0 saturated carbocycles. The lowest BCUT2D eigenvalue weighted by Crippen LogP contribution is -2.50. The summed E-state index contributed by atoms with van der Waals surface area (Å²) in [6, 6.07) is 5.42. The van der Waals surface area contributed by atoms with Crippen molar-refractivity contribution in [1.82, 2.24) is 4.90 Å². The SMILES string of the molecule is COC(=O)CCSCC(=O)N(CC(=O)Nc1ccc(F)cc1)C(C)(C)C. The van der Waals surface area contributed by atoms with Crippen LogP contribution in [0, 0.1) is 5.82 Å². The molecule has 0 aliphatic heterocycles. The van der Waals surface area contributed by atoms with Crippen LogP contribution >= 0.6 is 11.8 Å². The highest BCUT2D eigenvalue weighted by Gasteiger charge is 2.28. The largest absolute Gasteiger partial charge is 0.469 e. The Hall–Kier alpha value is -2.09. The Morgan fingerprint density at radius 1 is 1.19 bits per heavy atom. The van der Waals surface area contributed by atoms with E-state index in [0.29, 0.717) is 11.4 Å². The van der Waals surface area contributed by atoms with Gasteiger partial charge >= 0.3 is 5.97 Å². The number of nitrogens with zero attached hydrogens (tertiary/aromatic N) is 1. The number of methoxy groups -OCH3 is 1. The average molecular weight is 384 g/mol. The zero-order valence-corrected chi connectivity index (χ0v) is 16.3. The van der Waals surface area contributed by atoms with Crippen LogP contribution in [0.2, 0.25) is 0 Å². The molecule has 0 saturated heterocycles. The number of ether oxygens (including phenoxy) is 1. The number of carbonyl (C=O) groups is 3. The van der Waals surface area contributed by atoms with E-state index in [4.69, 9.17) is 0 Å². The van der Waals surface area contributed by atoms with Gasteiger partial charge in [-0.1, -0.05) is 0 Å². The van der Waals surface area contributed by atoms with Crippen LogP contribution in [-0.4, -0.2) is 53.4 Å². The first-order valence-electron chi connectivity index (χ1n) is 8.14. The number of benzene rings is 1. The third kappa shape index (κ3) is 7.86. The quantitative estimate of drug-likeness (QED) is 0.551. The zero-order chi connectivity index (χ0) is 19.7. The molecular weight excluding hydrogens is 359 g/mol. The van der Waals surface area contributed by atoms with E-state index in [1.807, 2.05) is 20.8 Å². The van der Waals surface area contributed by atoms with Crippen molar-refractivity contribution in [2.24, 2.45) is 0 Å². The van der Waals surface area contributed by atoms with Crippen molar-refractivity contribution >= 4 is 35.2 Å². The van der Waals surface area contributed by atoms with Gasteiger partial charge in [-0.3, -0.25) is 14.4 Å². The highest BCUT2D eigenvalue weighted by Crippen LogP contribution is 2.17. The summed E-state index contributed by atoms with van der Waals surface area (Å²) in [6.07, 6.45) is 0.231. The van der Waals surface area contributed by atoms with Crippen LogP contribution in [0.15, 0.2) is 24.3 Å². The fourth-order valence-corrected chi connectivity index (χ4v) is 2.86. The molecule has 0 fully saturated rings. The first-order valence-corrected chi connectivity index (χ1v) is 9.29. The molecule has 26 heavy (non-hydrogen) atoms. The minimum absolute atomic E-state index is 0.114. The molecule has 0 spiro atoms. The highest BCUT2D eigenvalue weighted by atomic mass is 32.2. The number of carbonyl (C=O) groups excluding carboxylic acids is 3. The molecule has 1 N–H and O–H groups in total. The molecule has 1 aromatic carbocycles. The Balaban J connectivity index is 2.59. The summed E-state index contributed by atoms with van der Waals surface area (Å²) in [5, 5.41) is 2.65. The van der Waals surface area contributed by atoms with Crippen LogP contribution in [0.4, 0.5) is 10.1 Å². The van der Waals surface area contributed by atoms with Crippen molar-refractivity contribution in [3.8, 4) is 0 Å². The maximum absolute atomic E-state index is 12.9. The first-order chi connectivity index (χ1) is 12.1. The van der Waals surface area contributed by atoms with Gasteiger partial charge in [0.05, 0.1) is 19.3 Å². The molecule has 6 nitrogen and oxygen atoms in total. The number of amides is 2. The molecule has 0 atom stereocenters. The van der Waals surface area contributed by atoms with Gasteiger partial charge in [-0.2, -0.15) is 11.8 Å². The lowest BCUT2D eigenvalue weighted by molar-refractivity contribution is -0.140. The summed E-state index contributed by atoms with van der Waals surface area (Å²) in [5.41, 5.74) is -0.0784. The van der Waals surface area contributed by atoms with Crippen molar-refractivity contribution < 1.29 is 23.5 Å². The number of rotatable bonds is 8.